The van der Waals surface area contributed by atoms with Crippen LogP contribution in [0, 0.1) is 5.92 Å². The number of hydrogen-bond acceptors (Lipinski definition) is 4. The molecule has 1 aromatic carbocycles. The zero-order chi connectivity index (χ0) is 15.2. The van der Waals surface area contributed by atoms with Gasteiger partial charge in [-0.05, 0) is 57.1 Å². The molecule has 3 unspecified atom stereocenters. The van der Waals surface area contributed by atoms with Gasteiger partial charge in [0, 0.05) is 18.3 Å². The number of aliphatic hydroxyl groups excluding tert-OH is 1. The number of likely N-dealkylation sites (N-methyl/N-ethyl adjacent to an activating group) is 1. The molecule has 0 radical (unpaired) electrons. The fraction of sp³-hybridized carbons (Fsp3) is 0.647. The molecule has 0 saturated heterocycles. The molecule has 0 bridgehead atoms. The second-order valence-electron chi connectivity index (χ2n) is 6.41. The first-order chi connectivity index (χ1) is 10.0. The van der Waals surface area contributed by atoms with Crippen molar-refractivity contribution in [3.8, 4) is 5.75 Å². The van der Waals surface area contributed by atoms with Crippen molar-refractivity contribution in [1.82, 2.24) is 4.90 Å². The van der Waals surface area contributed by atoms with Gasteiger partial charge >= 0.3 is 0 Å². The third kappa shape index (κ3) is 5.21. The highest BCUT2D eigenvalue weighted by Gasteiger charge is 2.22. The van der Waals surface area contributed by atoms with Gasteiger partial charge in [-0.1, -0.05) is 13.3 Å². The van der Waals surface area contributed by atoms with Crippen LogP contribution in [-0.2, 0) is 0 Å². The topological polar surface area (TPSA) is 44.7 Å². The van der Waals surface area contributed by atoms with E-state index in [-0.39, 0.29) is 0 Å². The van der Waals surface area contributed by atoms with E-state index < -0.39 is 6.10 Å². The van der Waals surface area contributed by atoms with E-state index >= 15 is 0 Å². The van der Waals surface area contributed by atoms with Crippen molar-refractivity contribution in [3.05, 3.63) is 24.3 Å². The molecule has 2 N–H and O–H groups in total. The van der Waals surface area contributed by atoms with Crippen molar-refractivity contribution < 1.29 is 9.84 Å². The molecule has 1 aromatic rings. The maximum absolute atomic E-state index is 9.78. The fourth-order valence-electron chi connectivity index (χ4n) is 2.89. The number of hydrogen-bond donors (Lipinski definition) is 2. The van der Waals surface area contributed by atoms with Crippen LogP contribution in [0.3, 0.4) is 0 Å². The first-order valence-corrected chi connectivity index (χ1v) is 7.87. The standard InChI is InChI=1S/C17H28N2O2/c1-13-5-4-6-17(13)18-14-7-9-16(10-8-14)21-12-15(20)11-19(2)3/h7-10,13,15,17-18,20H,4-6,11-12H2,1-3H3. The van der Waals surface area contributed by atoms with E-state index in [9.17, 15) is 5.11 Å². The van der Waals surface area contributed by atoms with Crippen LogP contribution in [0.5, 0.6) is 5.75 Å². The molecule has 0 heterocycles. The molecule has 4 nitrogen and oxygen atoms in total. The normalized spacial score (nSPS) is 23.3. The van der Waals surface area contributed by atoms with Crippen molar-refractivity contribution in [2.24, 2.45) is 5.92 Å². The van der Waals surface area contributed by atoms with E-state index in [4.69, 9.17) is 4.74 Å². The van der Waals surface area contributed by atoms with Crippen molar-refractivity contribution in [2.45, 2.75) is 38.3 Å². The lowest BCUT2D eigenvalue weighted by atomic mass is 10.1. The zero-order valence-electron chi connectivity index (χ0n) is 13.4. The molecule has 0 aromatic heterocycles. The van der Waals surface area contributed by atoms with Gasteiger partial charge in [-0.3, -0.25) is 0 Å². The Labute approximate surface area is 128 Å². The van der Waals surface area contributed by atoms with Crippen LogP contribution in [0.25, 0.3) is 0 Å². The summed E-state index contributed by atoms with van der Waals surface area (Å²) in [5, 5.41) is 13.4. The van der Waals surface area contributed by atoms with Crippen molar-refractivity contribution in [2.75, 3.05) is 32.6 Å². The Hall–Kier alpha value is -1.26. The Kier molecular flexibility index (Phi) is 5.88. The molecule has 21 heavy (non-hydrogen) atoms. The molecular formula is C17H28N2O2. The van der Waals surface area contributed by atoms with Crippen molar-refractivity contribution in [1.29, 1.82) is 0 Å². The van der Waals surface area contributed by atoms with E-state index in [0.717, 1.165) is 17.4 Å². The van der Waals surface area contributed by atoms with Gasteiger partial charge in [-0.25, -0.2) is 0 Å². The van der Waals surface area contributed by atoms with Gasteiger partial charge in [0.25, 0.3) is 0 Å². The average molecular weight is 292 g/mol. The molecule has 4 heteroatoms. The highest BCUT2D eigenvalue weighted by atomic mass is 16.5. The predicted octanol–water partition coefficient (Wildman–Crippen LogP) is 2.59. The van der Waals surface area contributed by atoms with Gasteiger partial charge in [-0.15, -0.1) is 0 Å². The molecule has 118 valence electrons. The van der Waals surface area contributed by atoms with E-state index in [2.05, 4.69) is 24.4 Å². The SMILES string of the molecule is CC1CCCC1Nc1ccc(OCC(O)CN(C)C)cc1. The number of nitrogens with zero attached hydrogens (tertiary/aromatic N) is 1. The minimum absolute atomic E-state index is 0.324. The lowest BCUT2D eigenvalue weighted by Gasteiger charge is -2.19. The number of rotatable bonds is 7. The van der Waals surface area contributed by atoms with Gasteiger partial charge in [0.1, 0.15) is 18.5 Å². The summed E-state index contributed by atoms with van der Waals surface area (Å²) in [4.78, 5) is 1.95. The van der Waals surface area contributed by atoms with Gasteiger partial charge in [0.05, 0.1) is 0 Å². The average Bonchev–Trinajstić information content (AvgIpc) is 2.83. The number of aliphatic hydroxyl groups is 1. The van der Waals surface area contributed by atoms with Gasteiger partial charge in [0.2, 0.25) is 0 Å². The van der Waals surface area contributed by atoms with E-state index in [1.54, 1.807) is 0 Å². The van der Waals surface area contributed by atoms with Gasteiger partial charge < -0.3 is 20.1 Å². The third-order valence-corrected chi connectivity index (χ3v) is 4.09. The minimum Gasteiger partial charge on any atom is -0.491 e. The Morgan fingerprint density at radius 3 is 2.57 bits per heavy atom. The van der Waals surface area contributed by atoms with Gasteiger partial charge in [-0.2, -0.15) is 0 Å². The van der Waals surface area contributed by atoms with Crippen LogP contribution in [0.2, 0.25) is 0 Å². The highest BCUT2D eigenvalue weighted by Crippen LogP contribution is 2.28. The fourth-order valence-corrected chi connectivity index (χ4v) is 2.89. The van der Waals surface area contributed by atoms with Crippen LogP contribution in [-0.4, -0.2) is 49.4 Å². The molecule has 1 aliphatic rings. The smallest absolute Gasteiger partial charge is 0.119 e. The van der Waals surface area contributed by atoms with E-state index in [1.807, 2.05) is 31.1 Å². The summed E-state index contributed by atoms with van der Waals surface area (Å²) in [5.41, 5.74) is 1.15. The Bertz CT molecular complexity index is 419. The molecule has 1 aliphatic carbocycles. The lowest BCUT2D eigenvalue weighted by molar-refractivity contribution is 0.0831. The van der Waals surface area contributed by atoms with Gasteiger partial charge in [0.15, 0.2) is 0 Å². The second kappa shape index (κ2) is 7.66. The largest absolute Gasteiger partial charge is 0.491 e. The number of anilines is 1. The first kappa shape index (κ1) is 16.1. The van der Waals surface area contributed by atoms with Crippen molar-refractivity contribution in [3.63, 3.8) is 0 Å². The number of benzene rings is 1. The van der Waals surface area contributed by atoms with Crippen molar-refractivity contribution >= 4 is 5.69 Å². The summed E-state index contributed by atoms with van der Waals surface area (Å²) in [7, 11) is 3.88. The Morgan fingerprint density at radius 1 is 1.29 bits per heavy atom. The molecule has 0 aliphatic heterocycles. The molecule has 0 spiro atoms. The summed E-state index contributed by atoms with van der Waals surface area (Å²) in [6.45, 7) is 3.25. The molecule has 1 fully saturated rings. The summed E-state index contributed by atoms with van der Waals surface area (Å²) >= 11 is 0. The minimum atomic E-state index is -0.461. The number of ether oxygens (including phenoxy) is 1. The highest BCUT2D eigenvalue weighted by molar-refractivity contribution is 5.47. The summed E-state index contributed by atoms with van der Waals surface area (Å²) in [5.74, 6) is 1.56. The maximum Gasteiger partial charge on any atom is 0.119 e. The Morgan fingerprint density at radius 2 is 2.00 bits per heavy atom. The molecule has 2 rings (SSSR count). The lowest BCUT2D eigenvalue weighted by Crippen LogP contribution is -2.30. The number of nitrogens with one attached hydrogen (secondary N) is 1. The molecule has 1 saturated carbocycles. The summed E-state index contributed by atoms with van der Waals surface area (Å²) in [6, 6.07) is 8.63. The Balaban J connectivity index is 1.79. The van der Waals surface area contributed by atoms with E-state index in [0.29, 0.717) is 19.2 Å². The van der Waals surface area contributed by atoms with Crippen LogP contribution in [0.15, 0.2) is 24.3 Å². The summed E-state index contributed by atoms with van der Waals surface area (Å²) in [6.07, 6.45) is 3.44. The zero-order valence-corrected chi connectivity index (χ0v) is 13.4. The molecular weight excluding hydrogens is 264 g/mol. The summed E-state index contributed by atoms with van der Waals surface area (Å²) < 4.78 is 5.61. The predicted molar refractivity (Wildman–Crippen MR) is 86.9 cm³/mol. The third-order valence-electron chi connectivity index (χ3n) is 4.09. The van der Waals surface area contributed by atoms with E-state index in [1.165, 1.54) is 19.3 Å². The monoisotopic (exact) mass is 292 g/mol. The maximum atomic E-state index is 9.78. The van der Waals surface area contributed by atoms with Crippen LogP contribution >= 0.6 is 0 Å². The van der Waals surface area contributed by atoms with Crippen LogP contribution in [0.4, 0.5) is 5.69 Å². The molecule has 3 atom stereocenters. The van der Waals surface area contributed by atoms with Crippen LogP contribution in [0.1, 0.15) is 26.2 Å². The first-order valence-electron chi connectivity index (χ1n) is 7.87. The molecule has 0 amide bonds. The quantitative estimate of drug-likeness (QED) is 0.811. The van der Waals surface area contributed by atoms with Crippen LogP contribution < -0.4 is 10.1 Å². The second-order valence-corrected chi connectivity index (χ2v) is 6.41.